The predicted molar refractivity (Wildman–Crippen MR) is 142 cm³/mol. The van der Waals surface area contributed by atoms with E-state index in [0.717, 1.165) is 5.56 Å². The van der Waals surface area contributed by atoms with Gasteiger partial charge in [-0.1, -0.05) is 70.0 Å². The predicted octanol–water partition coefficient (Wildman–Crippen LogP) is 3.12. The van der Waals surface area contributed by atoms with Gasteiger partial charge in [0, 0.05) is 24.5 Å². The SMILES string of the molecule is O=C(Nc1ccccc1Cl)C1N(CCCCO)C(=O)[C@@H]2[C@H](C(=O)NCc3ccccc3)[C@H]3OC12CC3Br. The molecular formula is C27H29BrClN3O5. The summed E-state index contributed by atoms with van der Waals surface area (Å²) in [6.07, 6.45) is 0.909. The number of alkyl halides is 1. The molecule has 3 aliphatic rings. The first kappa shape index (κ1) is 26.2. The minimum absolute atomic E-state index is 0.0142. The number of aliphatic hydroxyl groups excluding tert-OH is 1. The summed E-state index contributed by atoms with van der Waals surface area (Å²) in [6.45, 7) is 0.595. The van der Waals surface area contributed by atoms with Crippen molar-refractivity contribution in [1.82, 2.24) is 10.2 Å². The van der Waals surface area contributed by atoms with Gasteiger partial charge in [0.05, 0.1) is 28.6 Å². The molecule has 37 heavy (non-hydrogen) atoms. The van der Waals surface area contributed by atoms with Crippen LogP contribution in [0, 0.1) is 11.8 Å². The Labute approximate surface area is 228 Å². The summed E-state index contributed by atoms with van der Waals surface area (Å²) in [5.74, 6) is -2.44. The molecule has 3 heterocycles. The summed E-state index contributed by atoms with van der Waals surface area (Å²) in [7, 11) is 0. The average molecular weight is 591 g/mol. The minimum atomic E-state index is -1.14. The Morgan fingerprint density at radius 1 is 1.11 bits per heavy atom. The molecule has 2 aromatic carbocycles. The highest BCUT2D eigenvalue weighted by Crippen LogP contribution is 2.60. The molecule has 0 radical (unpaired) electrons. The van der Waals surface area contributed by atoms with Crippen molar-refractivity contribution in [2.75, 3.05) is 18.5 Å². The van der Waals surface area contributed by atoms with Crippen LogP contribution in [0.15, 0.2) is 54.6 Å². The van der Waals surface area contributed by atoms with Gasteiger partial charge in [0.2, 0.25) is 17.7 Å². The standard InChI is InChI=1S/C27H29BrClN3O5/c28-17-14-27-21(20(22(17)37-27)24(34)30-15-16-8-2-1-3-9-16)26(36)32(12-6-7-13-33)23(27)25(35)31-19-11-5-4-10-18(19)29/h1-5,8-11,17,20-23,33H,6-7,12-15H2,(H,30,34)(H,31,35)/t17?,20-,21-,22-,23?,27?/m0/s1. The number of benzene rings is 2. The number of carbonyl (C=O) groups is 3. The number of ether oxygens (including phenoxy) is 1. The molecule has 0 aliphatic carbocycles. The molecule has 3 amide bonds. The number of para-hydroxylation sites is 1. The fraction of sp³-hybridized carbons (Fsp3) is 0.444. The Balaban J connectivity index is 1.44. The number of aliphatic hydroxyl groups is 1. The van der Waals surface area contributed by atoms with Gasteiger partial charge in [-0.3, -0.25) is 14.4 Å². The molecule has 0 aromatic heterocycles. The van der Waals surface area contributed by atoms with Crippen molar-refractivity contribution in [2.45, 2.75) is 48.4 Å². The number of hydrogen-bond acceptors (Lipinski definition) is 5. The van der Waals surface area contributed by atoms with Gasteiger partial charge in [-0.25, -0.2) is 0 Å². The molecule has 3 N–H and O–H groups in total. The van der Waals surface area contributed by atoms with Gasteiger partial charge in [-0.05, 0) is 37.0 Å². The fourth-order valence-electron chi connectivity index (χ4n) is 6.03. The zero-order valence-electron chi connectivity index (χ0n) is 20.1. The molecule has 3 aliphatic heterocycles. The third-order valence-electron chi connectivity index (χ3n) is 7.59. The Kier molecular flexibility index (Phi) is 7.58. The van der Waals surface area contributed by atoms with E-state index in [4.69, 9.17) is 16.3 Å². The topological polar surface area (TPSA) is 108 Å². The van der Waals surface area contributed by atoms with Crippen LogP contribution in [0.2, 0.25) is 5.02 Å². The zero-order valence-corrected chi connectivity index (χ0v) is 22.5. The molecule has 3 fully saturated rings. The fourth-order valence-corrected chi connectivity index (χ4v) is 7.16. The monoisotopic (exact) mass is 589 g/mol. The maximum Gasteiger partial charge on any atom is 0.250 e. The normalized spacial score (nSPS) is 29.9. The number of halogens is 2. The number of nitrogens with one attached hydrogen (secondary N) is 2. The molecule has 0 saturated carbocycles. The van der Waals surface area contributed by atoms with E-state index in [1.807, 2.05) is 30.3 Å². The summed E-state index contributed by atoms with van der Waals surface area (Å²) >= 11 is 9.96. The number of anilines is 1. The van der Waals surface area contributed by atoms with E-state index in [1.165, 1.54) is 4.90 Å². The van der Waals surface area contributed by atoms with E-state index in [9.17, 15) is 19.5 Å². The van der Waals surface area contributed by atoms with Crippen LogP contribution in [0.4, 0.5) is 5.69 Å². The van der Waals surface area contributed by atoms with E-state index < -0.39 is 35.5 Å². The van der Waals surface area contributed by atoms with Crippen LogP contribution in [0.1, 0.15) is 24.8 Å². The van der Waals surface area contributed by atoms with Crippen LogP contribution in [-0.2, 0) is 25.7 Å². The van der Waals surface area contributed by atoms with Crippen molar-refractivity contribution in [1.29, 1.82) is 0 Å². The lowest BCUT2D eigenvalue weighted by Gasteiger charge is -2.34. The number of nitrogens with zero attached hydrogens (tertiary/aromatic N) is 1. The van der Waals surface area contributed by atoms with E-state index in [-0.39, 0.29) is 29.8 Å². The van der Waals surface area contributed by atoms with Crippen LogP contribution in [0.25, 0.3) is 0 Å². The van der Waals surface area contributed by atoms with Crippen molar-refractivity contribution >= 4 is 50.9 Å². The van der Waals surface area contributed by atoms with Gasteiger partial charge in [0.1, 0.15) is 11.6 Å². The molecule has 3 saturated heterocycles. The number of carbonyl (C=O) groups excluding carboxylic acids is 3. The number of hydrogen-bond donors (Lipinski definition) is 3. The lowest BCUT2D eigenvalue weighted by Crippen LogP contribution is -2.54. The minimum Gasteiger partial charge on any atom is -0.396 e. The second-order valence-corrected chi connectivity index (χ2v) is 11.4. The summed E-state index contributed by atoms with van der Waals surface area (Å²) in [4.78, 5) is 42.5. The molecule has 10 heteroatoms. The highest BCUT2D eigenvalue weighted by atomic mass is 79.9. The van der Waals surface area contributed by atoms with E-state index in [1.54, 1.807) is 24.3 Å². The summed E-state index contributed by atoms with van der Waals surface area (Å²) in [5.41, 5.74) is 0.247. The van der Waals surface area contributed by atoms with Crippen molar-refractivity contribution in [2.24, 2.45) is 11.8 Å². The van der Waals surface area contributed by atoms with Crippen molar-refractivity contribution in [3.05, 3.63) is 65.2 Å². The number of fused-ring (bicyclic) bond motifs is 1. The van der Waals surface area contributed by atoms with Crippen LogP contribution < -0.4 is 10.6 Å². The summed E-state index contributed by atoms with van der Waals surface area (Å²) in [6, 6.07) is 15.5. The Morgan fingerprint density at radius 3 is 2.57 bits per heavy atom. The van der Waals surface area contributed by atoms with Crippen LogP contribution in [0.3, 0.4) is 0 Å². The molecule has 3 unspecified atom stereocenters. The second kappa shape index (κ2) is 10.7. The highest BCUT2D eigenvalue weighted by molar-refractivity contribution is 9.09. The molecule has 8 nitrogen and oxygen atoms in total. The molecular weight excluding hydrogens is 562 g/mol. The highest BCUT2D eigenvalue weighted by Gasteiger charge is 2.76. The largest absolute Gasteiger partial charge is 0.396 e. The van der Waals surface area contributed by atoms with E-state index in [0.29, 0.717) is 36.5 Å². The van der Waals surface area contributed by atoms with Gasteiger partial charge in [0.15, 0.2) is 0 Å². The van der Waals surface area contributed by atoms with Crippen molar-refractivity contribution in [3.63, 3.8) is 0 Å². The lowest BCUT2D eigenvalue weighted by atomic mass is 9.70. The molecule has 1 spiro atoms. The van der Waals surface area contributed by atoms with Crippen LogP contribution >= 0.6 is 27.5 Å². The van der Waals surface area contributed by atoms with Crippen molar-refractivity contribution in [3.8, 4) is 0 Å². The first-order valence-electron chi connectivity index (χ1n) is 12.5. The van der Waals surface area contributed by atoms with Gasteiger partial charge >= 0.3 is 0 Å². The molecule has 6 atom stereocenters. The molecule has 196 valence electrons. The lowest BCUT2D eigenvalue weighted by molar-refractivity contribution is -0.140. The third kappa shape index (κ3) is 4.67. The van der Waals surface area contributed by atoms with Crippen LogP contribution in [0.5, 0.6) is 0 Å². The van der Waals surface area contributed by atoms with Gasteiger partial charge < -0.3 is 25.4 Å². The number of amides is 3. The average Bonchev–Trinajstić information content (AvgIpc) is 3.48. The smallest absolute Gasteiger partial charge is 0.250 e. The number of likely N-dealkylation sites (tertiary alicyclic amines) is 1. The number of rotatable bonds is 9. The third-order valence-corrected chi connectivity index (χ3v) is 8.76. The summed E-state index contributed by atoms with van der Waals surface area (Å²) in [5, 5.41) is 15.5. The van der Waals surface area contributed by atoms with Crippen molar-refractivity contribution < 1.29 is 24.2 Å². The second-order valence-electron chi connectivity index (χ2n) is 9.80. The zero-order chi connectivity index (χ0) is 26.2. The van der Waals surface area contributed by atoms with Gasteiger partial charge in [-0.15, -0.1) is 0 Å². The Hall–Kier alpha value is -2.46. The van der Waals surface area contributed by atoms with E-state index in [2.05, 4.69) is 26.6 Å². The molecule has 5 rings (SSSR count). The maximum absolute atomic E-state index is 13.9. The Bertz CT molecular complexity index is 1180. The first-order valence-corrected chi connectivity index (χ1v) is 13.8. The summed E-state index contributed by atoms with van der Waals surface area (Å²) < 4.78 is 6.48. The molecule has 2 bridgehead atoms. The Morgan fingerprint density at radius 2 is 1.84 bits per heavy atom. The first-order chi connectivity index (χ1) is 17.9. The number of unbranched alkanes of at least 4 members (excludes halogenated alkanes) is 1. The quantitative estimate of drug-likeness (QED) is 0.307. The van der Waals surface area contributed by atoms with Gasteiger partial charge in [-0.2, -0.15) is 0 Å². The van der Waals surface area contributed by atoms with Gasteiger partial charge in [0.25, 0.3) is 0 Å². The van der Waals surface area contributed by atoms with E-state index >= 15 is 0 Å². The maximum atomic E-state index is 13.9. The molecule has 2 aromatic rings. The van der Waals surface area contributed by atoms with Crippen LogP contribution in [-0.4, -0.2) is 63.5 Å².